The van der Waals surface area contributed by atoms with Gasteiger partial charge >= 0.3 is 0 Å². The summed E-state index contributed by atoms with van der Waals surface area (Å²) in [5.74, 6) is -0.771. The first kappa shape index (κ1) is 22.6. The van der Waals surface area contributed by atoms with Crippen LogP contribution in [0.15, 0.2) is 57.9 Å². The highest BCUT2D eigenvalue weighted by Crippen LogP contribution is 2.19. The summed E-state index contributed by atoms with van der Waals surface area (Å²) in [5, 5.41) is 0. The van der Waals surface area contributed by atoms with E-state index in [0.29, 0.717) is 18.5 Å². The predicted octanol–water partition coefficient (Wildman–Crippen LogP) is 3.47. The number of rotatable bonds is 6. The zero-order valence-corrected chi connectivity index (χ0v) is 18.7. The third kappa shape index (κ3) is 5.53. The van der Waals surface area contributed by atoms with Crippen molar-refractivity contribution in [1.82, 2.24) is 9.21 Å². The Morgan fingerprint density at radius 3 is 2.23 bits per heavy atom. The van der Waals surface area contributed by atoms with Gasteiger partial charge in [0.1, 0.15) is 5.82 Å². The summed E-state index contributed by atoms with van der Waals surface area (Å²) in [6, 6.07) is 11.7. The molecule has 0 atom stereocenters. The van der Waals surface area contributed by atoms with Gasteiger partial charge in [0.05, 0.1) is 4.90 Å². The van der Waals surface area contributed by atoms with E-state index in [-0.39, 0.29) is 49.1 Å². The topological polar surface area (TPSA) is 74.8 Å². The van der Waals surface area contributed by atoms with E-state index in [4.69, 9.17) is 0 Å². The fourth-order valence-electron chi connectivity index (χ4n) is 3.30. The number of sulfonamides is 1. The van der Waals surface area contributed by atoms with Crippen LogP contribution in [0.5, 0.6) is 0 Å². The number of hydrogen-bond donors (Lipinski definition) is 0. The average Bonchev–Trinajstić information content (AvgIpc) is 2.99. The summed E-state index contributed by atoms with van der Waals surface area (Å²) in [7, 11) is -3.75. The second kappa shape index (κ2) is 9.80. The van der Waals surface area contributed by atoms with Crippen LogP contribution in [0.3, 0.4) is 0 Å². The Morgan fingerprint density at radius 1 is 0.900 bits per heavy atom. The number of nitrogens with zero attached hydrogens (tertiary/aromatic N) is 2. The molecule has 2 aromatic rings. The van der Waals surface area contributed by atoms with Crippen molar-refractivity contribution in [3.63, 3.8) is 0 Å². The lowest BCUT2D eigenvalue weighted by molar-refractivity contribution is -0.131. The molecule has 9 heteroatoms. The maximum Gasteiger partial charge on any atom is 0.243 e. The van der Waals surface area contributed by atoms with Crippen LogP contribution in [0.1, 0.15) is 29.6 Å². The van der Waals surface area contributed by atoms with Gasteiger partial charge < -0.3 is 4.90 Å². The lowest BCUT2D eigenvalue weighted by Crippen LogP contribution is -2.37. The molecule has 0 bridgehead atoms. The Bertz CT molecular complexity index is 1010. The Hall–Kier alpha value is -2.10. The zero-order chi connectivity index (χ0) is 21.7. The van der Waals surface area contributed by atoms with E-state index in [1.54, 1.807) is 29.2 Å². The first-order valence-electron chi connectivity index (χ1n) is 9.59. The van der Waals surface area contributed by atoms with E-state index in [1.807, 2.05) is 0 Å². The number of amides is 1. The first-order valence-corrected chi connectivity index (χ1v) is 11.8. The van der Waals surface area contributed by atoms with E-state index in [1.165, 1.54) is 16.4 Å². The summed E-state index contributed by atoms with van der Waals surface area (Å²) in [4.78, 5) is 26.5. The predicted molar refractivity (Wildman–Crippen MR) is 114 cm³/mol. The van der Waals surface area contributed by atoms with Crippen molar-refractivity contribution in [2.75, 3.05) is 26.2 Å². The maximum atomic E-state index is 13.1. The molecular weight excluding hydrogens is 475 g/mol. The van der Waals surface area contributed by atoms with E-state index >= 15 is 0 Å². The Morgan fingerprint density at radius 2 is 1.57 bits per heavy atom. The minimum absolute atomic E-state index is 0.0313. The van der Waals surface area contributed by atoms with Crippen molar-refractivity contribution in [2.45, 2.75) is 24.2 Å². The molecule has 1 aliphatic heterocycles. The van der Waals surface area contributed by atoms with Gasteiger partial charge in [0.15, 0.2) is 5.78 Å². The molecule has 6 nitrogen and oxygen atoms in total. The van der Waals surface area contributed by atoms with Crippen molar-refractivity contribution in [3.8, 4) is 0 Å². The number of ketones is 1. The maximum absolute atomic E-state index is 13.1. The lowest BCUT2D eigenvalue weighted by atomic mass is 10.1. The minimum Gasteiger partial charge on any atom is -0.341 e. The number of carbonyl (C=O) groups excluding carboxylic acids is 2. The molecule has 0 radical (unpaired) electrons. The molecule has 0 aromatic heterocycles. The number of carbonyl (C=O) groups is 2. The molecule has 1 heterocycles. The molecule has 1 amide bonds. The summed E-state index contributed by atoms with van der Waals surface area (Å²) >= 11 is 3.32. The van der Waals surface area contributed by atoms with Crippen LogP contribution in [0.2, 0.25) is 0 Å². The van der Waals surface area contributed by atoms with E-state index in [9.17, 15) is 22.4 Å². The molecule has 1 fully saturated rings. The molecule has 0 unspecified atom stereocenters. The number of benzene rings is 2. The van der Waals surface area contributed by atoms with Crippen molar-refractivity contribution in [2.24, 2.45) is 0 Å². The molecule has 0 N–H and O–H groups in total. The van der Waals surface area contributed by atoms with Crippen LogP contribution in [-0.4, -0.2) is 55.5 Å². The summed E-state index contributed by atoms with van der Waals surface area (Å²) < 4.78 is 40.8. The second-order valence-corrected chi connectivity index (χ2v) is 9.88. The van der Waals surface area contributed by atoms with Crippen LogP contribution in [0, 0.1) is 5.82 Å². The molecular formula is C21H22BrFN2O4S. The van der Waals surface area contributed by atoms with Gasteiger partial charge in [-0.25, -0.2) is 12.8 Å². The van der Waals surface area contributed by atoms with Crippen LogP contribution in [0.4, 0.5) is 4.39 Å². The average molecular weight is 497 g/mol. The molecule has 1 aliphatic rings. The third-order valence-corrected chi connectivity index (χ3v) is 7.43. The van der Waals surface area contributed by atoms with Crippen molar-refractivity contribution in [1.29, 1.82) is 0 Å². The fourth-order valence-corrected chi connectivity index (χ4v) is 5.03. The number of hydrogen-bond acceptors (Lipinski definition) is 4. The quantitative estimate of drug-likeness (QED) is 0.573. The van der Waals surface area contributed by atoms with Crippen LogP contribution >= 0.6 is 15.9 Å². The van der Waals surface area contributed by atoms with Crippen molar-refractivity contribution >= 4 is 37.6 Å². The molecule has 0 aliphatic carbocycles. The standard InChI is InChI=1S/C21H22BrFN2O4S/c22-17-4-2-16(3-5-17)20(26)10-11-21(27)24-12-1-13-25(15-14-24)30(28,29)19-8-6-18(23)7-9-19/h2-9H,1,10-15H2. The van der Waals surface area contributed by atoms with Gasteiger partial charge in [-0.05, 0) is 42.8 Å². The van der Waals surface area contributed by atoms with Gasteiger partial charge in [-0.3, -0.25) is 9.59 Å². The van der Waals surface area contributed by atoms with Gasteiger partial charge in [0.2, 0.25) is 15.9 Å². The van der Waals surface area contributed by atoms with Crippen LogP contribution in [0.25, 0.3) is 0 Å². The Balaban J connectivity index is 1.56. The Labute approximate surface area is 183 Å². The van der Waals surface area contributed by atoms with E-state index in [0.717, 1.165) is 16.6 Å². The van der Waals surface area contributed by atoms with Gasteiger partial charge in [0.25, 0.3) is 0 Å². The zero-order valence-electron chi connectivity index (χ0n) is 16.3. The largest absolute Gasteiger partial charge is 0.341 e. The van der Waals surface area contributed by atoms with Gasteiger partial charge in [-0.1, -0.05) is 28.1 Å². The lowest BCUT2D eigenvalue weighted by Gasteiger charge is -2.22. The SMILES string of the molecule is O=C(CCC(=O)N1CCCN(S(=O)(=O)c2ccc(F)cc2)CC1)c1ccc(Br)cc1. The fraction of sp³-hybridized carbons (Fsp3) is 0.333. The highest BCUT2D eigenvalue weighted by molar-refractivity contribution is 9.10. The summed E-state index contributed by atoms with van der Waals surface area (Å²) in [5.41, 5.74) is 0.554. The number of halogens is 2. The molecule has 160 valence electrons. The molecule has 0 spiro atoms. The van der Waals surface area contributed by atoms with Crippen molar-refractivity contribution in [3.05, 3.63) is 64.4 Å². The van der Waals surface area contributed by atoms with E-state index in [2.05, 4.69) is 15.9 Å². The minimum atomic E-state index is -3.75. The molecule has 1 saturated heterocycles. The normalized spacial score (nSPS) is 15.6. The molecule has 2 aromatic carbocycles. The van der Waals surface area contributed by atoms with Gasteiger partial charge in [0, 0.05) is 49.1 Å². The third-order valence-electron chi connectivity index (χ3n) is 4.99. The smallest absolute Gasteiger partial charge is 0.243 e. The number of Topliss-reactive ketones (excluding diaryl/α,β-unsaturated/α-hetero) is 1. The van der Waals surface area contributed by atoms with Gasteiger partial charge in [-0.15, -0.1) is 0 Å². The van der Waals surface area contributed by atoms with E-state index < -0.39 is 15.8 Å². The highest BCUT2D eigenvalue weighted by atomic mass is 79.9. The molecule has 0 saturated carbocycles. The van der Waals surface area contributed by atoms with Crippen molar-refractivity contribution < 1.29 is 22.4 Å². The van der Waals surface area contributed by atoms with Crippen LogP contribution < -0.4 is 0 Å². The highest BCUT2D eigenvalue weighted by Gasteiger charge is 2.28. The second-order valence-electron chi connectivity index (χ2n) is 7.02. The van der Waals surface area contributed by atoms with Gasteiger partial charge in [-0.2, -0.15) is 4.31 Å². The summed E-state index contributed by atoms with van der Waals surface area (Å²) in [6.45, 7) is 1.12. The van der Waals surface area contributed by atoms with Crippen LogP contribution in [-0.2, 0) is 14.8 Å². The summed E-state index contributed by atoms with van der Waals surface area (Å²) in [6.07, 6.45) is 0.682. The Kier molecular flexibility index (Phi) is 7.38. The molecule has 30 heavy (non-hydrogen) atoms. The molecule has 3 rings (SSSR count). The monoisotopic (exact) mass is 496 g/mol. The first-order chi connectivity index (χ1) is 14.3.